The van der Waals surface area contributed by atoms with E-state index >= 15 is 0 Å². The van der Waals surface area contributed by atoms with Crippen LogP contribution in [0.2, 0.25) is 0 Å². The van der Waals surface area contributed by atoms with E-state index in [1.54, 1.807) is 0 Å². The van der Waals surface area contributed by atoms with Crippen LogP contribution in [0.25, 0.3) is 0 Å². The number of benzene rings is 1. The largest absolute Gasteiger partial charge is 0.426 e. The van der Waals surface area contributed by atoms with Gasteiger partial charge in [-0.25, -0.2) is 0 Å². The van der Waals surface area contributed by atoms with Gasteiger partial charge >= 0.3 is 5.97 Å². The Labute approximate surface area is 129 Å². The lowest BCUT2D eigenvalue weighted by molar-refractivity contribution is -0.131. The molecule has 0 unspecified atom stereocenters. The summed E-state index contributed by atoms with van der Waals surface area (Å²) in [7, 11) is 0. The van der Waals surface area contributed by atoms with Crippen molar-refractivity contribution in [2.24, 2.45) is 5.92 Å². The smallest absolute Gasteiger partial charge is 0.308 e. The van der Waals surface area contributed by atoms with Crippen LogP contribution >= 0.6 is 15.9 Å². The molecule has 3 heteroatoms. The Bertz CT molecular complexity index is 562. The number of carbonyl (C=O) groups is 1. The molecule has 0 bridgehead atoms. The first-order valence-corrected chi connectivity index (χ1v) is 7.88. The van der Waals surface area contributed by atoms with Gasteiger partial charge < -0.3 is 4.74 Å². The first-order chi connectivity index (χ1) is 9.38. The lowest BCUT2D eigenvalue weighted by Gasteiger charge is -2.31. The molecule has 0 aliphatic heterocycles. The van der Waals surface area contributed by atoms with Gasteiger partial charge in [-0.05, 0) is 42.3 Å². The zero-order valence-corrected chi connectivity index (χ0v) is 14.1. The third kappa shape index (κ3) is 2.69. The van der Waals surface area contributed by atoms with Gasteiger partial charge in [-0.1, -0.05) is 47.5 Å². The normalized spacial score (nSPS) is 27.9. The maximum Gasteiger partial charge on any atom is 0.308 e. The van der Waals surface area contributed by atoms with Crippen molar-refractivity contribution in [1.29, 1.82) is 0 Å². The highest BCUT2D eigenvalue weighted by molar-refractivity contribution is 9.11. The molecule has 0 saturated heterocycles. The Morgan fingerprint density at radius 2 is 2.20 bits per heavy atom. The fourth-order valence-corrected chi connectivity index (χ4v) is 3.73. The molecule has 1 aromatic rings. The highest BCUT2D eigenvalue weighted by Gasteiger charge is 2.42. The van der Waals surface area contributed by atoms with Gasteiger partial charge in [-0.2, -0.15) is 0 Å². The summed E-state index contributed by atoms with van der Waals surface area (Å²) in [6.45, 7) is 7.98. The second-order valence-corrected chi connectivity index (χ2v) is 6.37. The number of ether oxygens (including phenoxy) is 1. The topological polar surface area (TPSA) is 26.3 Å². The van der Waals surface area contributed by atoms with Crippen molar-refractivity contribution < 1.29 is 9.53 Å². The molecule has 2 atom stereocenters. The quantitative estimate of drug-likeness (QED) is 0.567. The Kier molecular flexibility index (Phi) is 4.38. The predicted molar refractivity (Wildman–Crippen MR) is 85.2 cm³/mol. The fraction of sp³-hybridized carbons (Fsp3) is 0.471. The van der Waals surface area contributed by atoms with E-state index in [0.717, 1.165) is 24.0 Å². The molecule has 0 amide bonds. The first kappa shape index (κ1) is 15.3. The van der Waals surface area contributed by atoms with Gasteiger partial charge in [0.15, 0.2) is 0 Å². The molecule has 108 valence electrons. The van der Waals surface area contributed by atoms with E-state index < -0.39 is 0 Å². The minimum Gasteiger partial charge on any atom is -0.426 e. The molecule has 0 aromatic heterocycles. The molecule has 0 spiro atoms. The second-order valence-electron chi connectivity index (χ2n) is 5.92. The summed E-state index contributed by atoms with van der Waals surface area (Å²) in [5.74, 6) is 0.879. The summed E-state index contributed by atoms with van der Waals surface area (Å²) in [5, 5.41) is 0. The first-order valence-electron chi connectivity index (χ1n) is 6.97. The lowest BCUT2D eigenvalue weighted by Crippen LogP contribution is -2.26. The fourth-order valence-electron chi connectivity index (χ4n) is 3.10. The summed E-state index contributed by atoms with van der Waals surface area (Å²) in [5.41, 5.74) is 3.67. The number of aryl methyl sites for hydroxylation is 1. The van der Waals surface area contributed by atoms with Crippen molar-refractivity contribution in [2.45, 2.75) is 46.0 Å². The van der Waals surface area contributed by atoms with E-state index in [4.69, 9.17) is 4.74 Å². The van der Waals surface area contributed by atoms with Gasteiger partial charge in [0.2, 0.25) is 0 Å². The summed E-state index contributed by atoms with van der Waals surface area (Å²) >= 11 is 3.46. The maximum atomic E-state index is 11.4. The van der Waals surface area contributed by atoms with Crippen LogP contribution < -0.4 is 4.74 Å². The highest BCUT2D eigenvalue weighted by Crippen LogP contribution is 2.51. The summed E-state index contributed by atoms with van der Waals surface area (Å²) in [4.78, 5) is 13.4. The summed E-state index contributed by atoms with van der Waals surface area (Å²) in [6.07, 6.45) is 2.15. The molecule has 0 radical (unpaired) electrons. The molecule has 0 N–H and O–H groups in total. The minimum atomic E-state index is -0.262. The Morgan fingerprint density at radius 3 is 2.75 bits per heavy atom. The zero-order chi connectivity index (χ0) is 14.9. The number of rotatable bonds is 2. The van der Waals surface area contributed by atoms with Gasteiger partial charge in [0.05, 0.1) is 0 Å². The van der Waals surface area contributed by atoms with Crippen molar-refractivity contribution in [3.63, 3.8) is 0 Å². The van der Waals surface area contributed by atoms with E-state index in [2.05, 4.69) is 41.9 Å². The van der Waals surface area contributed by atoms with Crippen molar-refractivity contribution in [1.82, 2.24) is 0 Å². The van der Waals surface area contributed by atoms with Gasteiger partial charge in [0.1, 0.15) is 5.75 Å². The van der Waals surface area contributed by atoms with Crippen LogP contribution in [0.1, 0.15) is 44.7 Å². The number of hydrogen-bond acceptors (Lipinski definition) is 2. The second kappa shape index (κ2) is 5.72. The molecule has 1 aromatic carbocycles. The van der Waals surface area contributed by atoms with E-state index in [9.17, 15) is 4.79 Å². The Hall–Kier alpha value is -1.09. The number of halogens is 1. The van der Waals surface area contributed by atoms with Crippen molar-refractivity contribution in [3.8, 4) is 5.75 Å². The number of allylic oxidation sites excluding steroid dienone is 1. The van der Waals surface area contributed by atoms with Gasteiger partial charge in [-0.3, -0.25) is 4.79 Å². The van der Waals surface area contributed by atoms with E-state index in [-0.39, 0.29) is 11.4 Å². The Balaban J connectivity index is 2.49. The standard InChI is InChI=1S/C17H21BrO2/c1-11-5-6-15(16(9-11)20-13(3)19)17(4)8-7-14(10-18)12(17)2/h5-6,9-10,12H,7-8H2,1-4H3/b14-10+/t12-,17+/m0/s1. The third-order valence-electron chi connectivity index (χ3n) is 4.59. The van der Waals surface area contributed by atoms with Crippen LogP contribution in [0.3, 0.4) is 0 Å². The average Bonchev–Trinajstić information content (AvgIpc) is 2.66. The van der Waals surface area contributed by atoms with Crippen LogP contribution in [0.5, 0.6) is 5.75 Å². The van der Waals surface area contributed by atoms with Crippen LogP contribution in [-0.4, -0.2) is 5.97 Å². The molecule has 1 fully saturated rings. The zero-order valence-electron chi connectivity index (χ0n) is 12.5. The molecule has 1 aliphatic rings. The number of carbonyl (C=O) groups excluding carboxylic acids is 1. The van der Waals surface area contributed by atoms with Crippen LogP contribution in [0, 0.1) is 12.8 Å². The average molecular weight is 337 g/mol. The van der Waals surface area contributed by atoms with Crippen molar-refractivity contribution in [3.05, 3.63) is 39.9 Å². The van der Waals surface area contributed by atoms with Gasteiger partial charge in [-0.15, -0.1) is 0 Å². The molecular formula is C17H21BrO2. The monoisotopic (exact) mass is 336 g/mol. The SMILES string of the molecule is CC(=O)Oc1cc(C)ccc1[C@]1(C)CC/C(=C\Br)[C@@H]1C. The molecular weight excluding hydrogens is 316 g/mol. The predicted octanol–water partition coefficient (Wildman–Crippen LogP) is 4.89. The minimum absolute atomic E-state index is 0.0120. The number of hydrogen-bond donors (Lipinski definition) is 0. The Morgan fingerprint density at radius 1 is 1.50 bits per heavy atom. The van der Waals surface area contributed by atoms with E-state index in [0.29, 0.717) is 11.7 Å². The van der Waals surface area contributed by atoms with Gasteiger partial charge in [0, 0.05) is 17.9 Å². The van der Waals surface area contributed by atoms with Crippen LogP contribution in [0.15, 0.2) is 28.8 Å². The number of esters is 1. The summed E-state index contributed by atoms with van der Waals surface area (Å²) in [6, 6.07) is 6.17. The van der Waals surface area contributed by atoms with Crippen LogP contribution in [-0.2, 0) is 10.2 Å². The van der Waals surface area contributed by atoms with Gasteiger partial charge in [0.25, 0.3) is 0 Å². The molecule has 1 saturated carbocycles. The molecule has 2 rings (SSSR count). The van der Waals surface area contributed by atoms with Crippen LogP contribution in [0.4, 0.5) is 0 Å². The summed E-state index contributed by atoms with van der Waals surface area (Å²) < 4.78 is 5.45. The molecule has 0 heterocycles. The van der Waals surface area contributed by atoms with E-state index in [1.165, 1.54) is 12.5 Å². The third-order valence-corrected chi connectivity index (χ3v) is 5.18. The van der Waals surface area contributed by atoms with Crippen molar-refractivity contribution in [2.75, 3.05) is 0 Å². The molecule has 2 nitrogen and oxygen atoms in total. The molecule has 20 heavy (non-hydrogen) atoms. The lowest BCUT2D eigenvalue weighted by atomic mass is 9.73. The van der Waals surface area contributed by atoms with Crippen molar-refractivity contribution >= 4 is 21.9 Å². The maximum absolute atomic E-state index is 11.4. The highest BCUT2D eigenvalue weighted by atomic mass is 79.9. The van der Waals surface area contributed by atoms with E-state index in [1.807, 2.05) is 18.0 Å². The molecule has 1 aliphatic carbocycles.